The topological polar surface area (TPSA) is 64.8 Å². The van der Waals surface area contributed by atoms with Crippen LogP contribution in [0.15, 0.2) is 36.4 Å². The summed E-state index contributed by atoms with van der Waals surface area (Å²) in [5.41, 5.74) is 1.90. The van der Waals surface area contributed by atoms with Gasteiger partial charge >= 0.3 is 0 Å². The van der Waals surface area contributed by atoms with Gasteiger partial charge in [-0.05, 0) is 42.7 Å². The Balaban J connectivity index is 1.60. The number of methoxy groups -OCH3 is 1. The molecule has 25 heavy (non-hydrogen) atoms. The zero-order valence-electron chi connectivity index (χ0n) is 14.4. The molecular formula is C18H21N5O2. The first kappa shape index (κ1) is 15.8. The van der Waals surface area contributed by atoms with E-state index >= 15 is 0 Å². The molecule has 0 amide bonds. The summed E-state index contributed by atoms with van der Waals surface area (Å²) in [5, 5.41) is 13.2. The smallest absolute Gasteiger partial charge is 0.183 e. The predicted octanol–water partition coefficient (Wildman–Crippen LogP) is 2.62. The molecule has 4 rings (SSSR count). The third-order valence-electron chi connectivity index (χ3n) is 4.44. The Labute approximate surface area is 146 Å². The summed E-state index contributed by atoms with van der Waals surface area (Å²) in [7, 11) is 3.70. The number of benzene rings is 1. The highest BCUT2D eigenvalue weighted by Gasteiger charge is 2.24. The Kier molecular flexibility index (Phi) is 4.23. The van der Waals surface area contributed by atoms with Crippen LogP contribution in [-0.4, -0.2) is 40.6 Å². The number of hydrogen-bond donors (Lipinski definition) is 0. The zero-order valence-corrected chi connectivity index (χ0v) is 14.4. The van der Waals surface area contributed by atoms with Crippen molar-refractivity contribution in [3.05, 3.63) is 47.8 Å². The first-order valence-electron chi connectivity index (χ1n) is 8.42. The molecule has 0 bridgehead atoms. The molecule has 1 fully saturated rings. The van der Waals surface area contributed by atoms with Gasteiger partial charge in [0.2, 0.25) is 0 Å². The van der Waals surface area contributed by atoms with Crippen LogP contribution in [0.2, 0.25) is 0 Å². The van der Waals surface area contributed by atoms with E-state index < -0.39 is 0 Å². The van der Waals surface area contributed by atoms with Gasteiger partial charge in [-0.25, -0.2) is 0 Å². The molecule has 0 N–H and O–H groups in total. The number of rotatable bonds is 5. The van der Waals surface area contributed by atoms with Crippen molar-refractivity contribution in [2.24, 2.45) is 0 Å². The molecular weight excluding hydrogens is 318 g/mol. The van der Waals surface area contributed by atoms with Gasteiger partial charge in [0.25, 0.3) is 0 Å². The normalized spacial score (nSPS) is 17.1. The Hall–Kier alpha value is -2.67. The number of hydrogen-bond acceptors (Lipinski definition) is 6. The second-order valence-electron chi connectivity index (χ2n) is 6.23. The third-order valence-corrected chi connectivity index (χ3v) is 4.44. The highest BCUT2D eigenvalue weighted by atomic mass is 16.5. The van der Waals surface area contributed by atoms with Crippen LogP contribution in [0.4, 0.5) is 5.82 Å². The van der Waals surface area contributed by atoms with Crippen molar-refractivity contribution >= 4 is 11.5 Å². The highest BCUT2D eigenvalue weighted by molar-refractivity contribution is 5.46. The minimum absolute atomic E-state index is 0.0126. The molecule has 0 saturated carbocycles. The maximum atomic E-state index is 5.74. The van der Waals surface area contributed by atoms with E-state index in [9.17, 15) is 0 Å². The van der Waals surface area contributed by atoms with E-state index in [1.54, 1.807) is 11.6 Å². The van der Waals surface area contributed by atoms with Crippen molar-refractivity contribution in [1.82, 2.24) is 19.8 Å². The van der Waals surface area contributed by atoms with Crippen molar-refractivity contribution in [2.75, 3.05) is 25.7 Å². The van der Waals surface area contributed by atoms with Gasteiger partial charge in [0.15, 0.2) is 11.5 Å². The van der Waals surface area contributed by atoms with Gasteiger partial charge < -0.3 is 14.4 Å². The molecule has 0 radical (unpaired) electrons. The van der Waals surface area contributed by atoms with E-state index in [1.807, 2.05) is 37.4 Å². The second kappa shape index (κ2) is 6.68. The molecule has 130 valence electrons. The fourth-order valence-electron chi connectivity index (χ4n) is 3.11. The van der Waals surface area contributed by atoms with Gasteiger partial charge in [-0.15, -0.1) is 15.3 Å². The molecule has 0 spiro atoms. The monoisotopic (exact) mass is 339 g/mol. The Morgan fingerprint density at radius 3 is 3.00 bits per heavy atom. The minimum Gasteiger partial charge on any atom is -0.497 e. The number of aromatic nitrogens is 4. The quantitative estimate of drug-likeness (QED) is 0.712. The molecule has 1 aliphatic rings. The zero-order chi connectivity index (χ0) is 17.2. The molecule has 0 aliphatic carbocycles. The predicted molar refractivity (Wildman–Crippen MR) is 93.8 cm³/mol. The van der Waals surface area contributed by atoms with Gasteiger partial charge in [0, 0.05) is 20.2 Å². The Morgan fingerprint density at radius 1 is 1.28 bits per heavy atom. The van der Waals surface area contributed by atoms with Crippen molar-refractivity contribution < 1.29 is 9.47 Å². The molecule has 0 unspecified atom stereocenters. The highest BCUT2D eigenvalue weighted by Crippen LogP contribution is 2.27. The molecule has 2 aromatic heterocycles. The maximum absolute atomic E-state index is 5.74. The molecule has 7 nitrogen and oxygen atoms in total. The number of fused-ring (bicyclic) bond motifs is 1. The van der Waals surface area contributed by atoms with Crippen molar-refractivity contribution in [2.45, 2.75) is 25.5 Å². The van der Waals surface area contributed by atoms with Crippen LogP contribution in [0.3, 0.4) is 0 Å². The van der Waals surface area contributed by atoms with Crippen LogP contribution in [0, 0.1) is 0 Å². The van der Waals surface area contributed by atoms with Crippen molar-refractivity contribution in [3.63, 3.8) is 0 Å². The van der Waals surface area contributed by atoms with Gasteiger partial charge in [0.1, 0.15) is 17.7 Å². The Morgan fingerprint density at radius 2 is 2.20 bits per heavy atom. The molecule has 3 aromatic rings. The number of anilines is 1. The molecule has 3 heterocycles. The molecule has 7 heteroatoms. The van der Waals surface area contributed by atoms with E-state index in [1.165, 1.54) is 0 Å². The van der Waals surface area contributed by atoms with Crippen LogP contribution >= 0.6 is 0 Å². The van der Waals surface area contributed by atoms with Crippen molar-refractivity contribution in [3.8, 4) is 5.75 Å². The average Bonchev–Trinajstić information content (AvgIpc) is 3.30. The lowest BCUT2D eigenvalue weighted by Crippen LogP contribution is -2.19. The van der Waals surface area contributed by atoms with E-state index in [-0.39, 0.29) is 6.10 Å². The first-order valence-corrected chi connectivity index (χ1v) is 8.42. The summed E-state index contributed by atoms with van der Waals surface area (Å²) in [6.07, 6.45) is 2.00. The fourth-order valence-corrected chi connectivity index (χ4v) is 3.11. The van der Waals surface area contributed by atoms with E-state index in [4.69, 9.17) is 14.6 Å². The second-order valence-corrected chi connectivity index (χ2v) is 6.23. The molecule has 1 atom stereocenters. The lowest BCUT2D eigenvalue weighted by molar-refractivity contribution is 0.103. The average molecular weight is 339 g/mol. The van der Waals surface area contributed by atoms with Gasteiger partial charge in [0.05, 0.1) is 7.11 Å². The maximum Gasteiger partial charge on any atom is 0.183 e. The Bertz CT molecular complexity index is 873. The number of nitrogens with zero attached hydrogens (tertiary/aromatic N) is 5. The van der Waals surface area contributed by atoms with Crippen LogP contribution in [0.25, 0.3) is 5.65 Å². The van der Waals surface area contributed by atoms with Gasteiger partial charge in [-0.3, -0.25) is 0 Å². The van der Waals surface area contributed by atoms with Crippen LogP contribution in [-0.2, 0) is 11.3 Å². The van der Waals surface area contributed by atoms with E-state index in [2.05, 4.69) is 21.2 Å². The third kappa shape index (κ3) is 3.15. The SMILES string of the molecule is COc1cccc(CN(C)c2ccc3nnc([C@H]4CCCO4)n3n2)c1. The summed E-state index contributed by atoms with van der Waals surface area (Å²) in [6.45, 7) is 1.50. The lowest BCUT2D eigenvalue weighted by Gasteiger charge is -2.18. The molecule has 1 aromatic carbocycles. The van der Waals surface area contributed by atoms with Gasteiger partial charge in [-0.1, -0.05) is 12.1 Å². The van der Waals surface area contributed by atoms with E-state index in [0.29, 0.717) is 0 Å². The van der Waals surface area contributed by atoms with Gasteiger partial charge in [-0.2, -0.15) is 4.52 Å². The summed E-state index contributed by atoms with van der Waals surface area (Å²) >= 11 is 0. The first-order chi connectivity index (χ1) is 12.2. The standard InChI is InChI=1S/C18H21N5O2/c1-22(12-13-5-3-6-14(11-13)24-2)17-9-8-16-19-20-18(23(16)21-17)15-7-4-10-25-15/h3,5-6,8-9,11,15H,4,7,10,12H2,1-2H3/t15-/m1/s1. The van der Waals surface area contributed by atoms with Crippen LogP contribution < -0.4 is 9.64 Å². The van der Waals surface area contributed by atoms with Crippen LogP contribution in [0.5, 0.6) is 5.75 Å². The summed E-state index contributed by atoms with van der Waals surface area (Å²) < 4.78 is 12.8. The summed E-state index contributed by atoms with van der Waals surface area (Å²) in [5.74, 6) is 2.49. The largest absolute Gasteiger partial charge is 0.497 e. The van der Waals surface area contributed by atoms with E-state index in [0.717, 1.165) is 54.6 Å². The molecule has 1 aliphatic heterocycles. The fraction of sp³-hybridized carbons (Fsp3) is 0.389. The summed E-state index contributed by atoms with van der Waals surface area (Å²) in [6, 6.07) is 12.0. The lowest BCUT2D eigenvalue weighted by atomic mass is 10.2. The molecule has 1 saturated heterocycles. The minimum atomic E-state index is -0.0126. The number of ether oxygens (including phenoxy) is 2. The van der Waals surface area contributed by atoms with Crippen LogP contribution in [0.1, 0.15) is 30.3 Å². The van der Waals surface area contributed by atoms with Crippen molar-refractivity contribution in [1.29, 1.82) is 0 Å². The summed E-state index contributed by atoms with van der Waals surface area (Å²) in [4.78, 5) is 2.09.